The molecule has 7 heteroatoms. The van der Waals surface area contributed by atoms with Crippen LogP contribution in [0.4, 0.5) is 22.0 Å². The predicted octanol–water partition coefficient (Wildman–Crippen LogP) is 3.05. The van der Waals surface area contributed by atoms with E-state index in [2.05, 4.69) is 9.72 Å². The van der Waals surface area contributed by atoms with Crippen LogP contribution in [0.2, 0.25) is 0 Å². The molecule has 1 rings (SSSR count). The number of hydrogen-bond donors (Lipinski definition) is 0. The molecule has 1 heterocycles. The maximum atomic E-state index is 12.4. The normalized spacial score (nSPS) is 11.9. The molecule has 0 bridgehead atoms. The molecule has 0 amide bonds. The van der Waals surface area contributed by atoms with Crippen LogP contribution < -0.4 is 4.74 Å². The summed E-state index contributed by atoms with van der Waals surface area (Å²) in [7, 11) is 0.960. The number of pyridine rings is 1. The second kappa shape index (κ2) is 4.00. The molecule has 0 fully saturated rings. The summed E-state index contributed by atoms with van der Waals surface area (Å²) in [6.07, 6.45) is -6.91. The van der Waals surface area contributed by atoms with Crippen LogP contribution in [0.5, 0.6) is 5.75 Å². The molecular formula is C8H6F5NO. The molecular weight excluding hydrogens is 221 g/mol. The lowest BCUT2D eigenvalue weighted by atomic mass is 10.1. The van der Waals surface area contributed by atoms with Crippen molar-refractivity contribution in [3.8, 4) is 5.75 Å². The topological polar surface area (TPSA) is 22.1 Å². The van der Waals surface area contributed by atoms with Crippen molar-refractivity contribution in [2.24, 2.45) is 0 Å². The molecule has 0 atom stereocenters. The Balaban J connectivity index is 3.41. The van der Waals surface area contributed by atoms with E-state index in [-0.39, 0.29) is 0 Å². The van der Waals surface area contributed by atoms with E-state index in [4.69, 9.17) is 0 Å². The third kappa shape index (κ3) is 2.34. The molecule has 0 saturated carbocycles. The minimum atomic E-state index is -4.89. The van der Waals surface area contributed by atoms with Crippen LogP contribution in [0, 0.1) is 0 Å². The van der Waals surface area contributed by atoms with Crippen molar-refractivity contribution in [3.63, 3.8) is 0 Å². The second-order valence-electron chi connectivity index (χ2n) is 2.60. The fraction of sp³-hybridized carbons (Fsp3) is 0.375. The van der Waals surface area contributed by atoms with E-state index in [0.29, 0.717) is 6.20 Å². The Morgan fingerprint density at radius 1 is 1.27 bits per heavy atom. The Labute approximate surface area is 81.7 Å². The number of rotatable bonds is 2. The summed E-state index contributed by atoms with van der Waals surface area (Å²) in [5.74, 6) is -0.708. The molecule has 0 spiro atoms. The van der Waals surface area contributed by atoms with Crippen molar-refractivity contribution in [1.82, 2.24) is 4.98 Å². The number of halogens is 5. The van der Waals surface area contributed by atoms with Gasteiger partial charge in [0, 0.05) is 6.20 Å². The van der Waals surface area contributed by atoms with Crippen molar-refractivity contribution in [3.05, 3.63) is 23.5 Å². The van der Waals surface area contributed by atoms with Crippen LogP contribution in [0.25, 0.3) is 0 Å². The zero-order valence-electron chi connectivity index (χ0n) is 7.48. The van der Waals surface area contributed by atoms with Gasteiger partial charge in [-0.3, -0.25) is 4.98 Å². The van der Waals surface area contributed by atoms with Gasteiger partial charge in [-0.2, -0.15) is 13.2 Å². The fourth-order valence-corrected chi connectivity index (χ4v) is 1.08. The van der Waals surface area contributed by atoms with Crippen molar-refractivity contribution >= 4 is 0 Å². The van der Waals surface area contributed by atoms with Gasteiger partial charge >= 0.3 is 6.18 Å². The Kier molecular flexibility index (Phi) is 3.11. The lowest BCUT2D eigenvalue weighted by molar-refractivity contribution is -0.140. The summed E-state index contributed by atoms with van der Waals surface area (Å²) < 4.78 is 66.1. The highest BCUT2D eigenvalue weighted by Gasteiger charge is 2.39. The van der Waals surface area contributed by atoms with Crippen LogP contribution in [0.15, 0.2) is 12.4 Å². The second-order valence-corrected chi connectivity index (χ2v) is 2.60. The first kappa shape index (κ1) is 11.7. The van der Waals surface area contributed by atoms with Gasteiger partial charge in [0.15, 0.2) is 0 Å². The van der Waals surface area contributed by atoms with Gasteiger partial charge in [0.1, 0.15) is 11.3 Å². The molecule has 1 aromatic heterocycles. The van der Waals surface area contributed by atoms with E-state index < -0.39 is 29.5 Å². The summed E-state index contributed by atoms with van der Waals surface area (Å²) in [5.41, 5.74) is -2.66. The zero-order chi connectivity index (χ0) is 11.6. The molecule has 0 radical (unpaired) electrons. The average Bonchev–Trinajstić information content (AvgIpc) is 2.15. The zero-order valence-corrected chi connectivity index (χ0v) is 7.48. The van der Waals surface area contributed by atoms with Crippen LogP contribution >= 0.6 is 0 Å². The van der Waals surface area contributed by atoms with E-state index in [9.17, 15) is 22.0 Å². The fourth-order valence-electron chi connectivity index (χ4n) is 1.08. The third-order valence-corrected chi connectivity index (χ3v) is 1.68. The van der Waals surface area contributed by atoms with E-state index in [1.807, 2.05) is 0 Å². The highest BCUT2D eigenvalue weighted by molar-refractivity contribution is 5.40. The van der Waals surface area contributed by atoms with Gasteiger partial charge in [0.05, 0.1) is 18.9 Å². The SMILES string of the molecule is COc1cncc(C(F)F)c1C(F)(F)F. The quantitative estimate of drug-likeness (QED) is 0.724. The Hall–Kier alpha value is -1.40. The summed E-state index contributed by atoms with van der Waals surface area (Å²) >= 11 is 0. The molecule has 0 aliphatic carbocycles. The number of ether oxygens (including phenoxy) is 1. The maximum absolute atomic E-state index is 12.4. The highest BCUT2D eigenvalue weighted by Crippen LogP contribution is 2.41. The van der Waals surface area contributed by atoms with Gasteiger partial charge in [0.2, 0.25) is 0 Å². The van der Waals surface area contributed by atoms with Crippen molar-refractivity contribution < 1.29 is 26.7 Å². The lowest BCUT2D eigenvalue weighted by Gasteiger charge is -2.14. The number of nitrogens with zero attached hydrogens (tertiary/aromatic N) is 1. The third-order valence-electron chi connectivity index (χ3n) is 1.68. The standard InChI is InChI=1S/C8H6F5NO/c1-15-5-3-14-2-4(7(9)10)6(5)8(11,12)13/h2-3,7H,1H3. The number of methoxy groups -OCH3 is 1. The van der Waals surface area contributed by atoms with Crippen molar-refractivity contribution in [1.29, 1.82) is 0 Å². The van der Waals surface area contributed by atoms with E-state index >= 15 is 0 Å². The first-order valence-electron chi connectivity index (χ1n) is 3.75. The first-order chi connectivity index (χ1) is 6.88. The summed E-state index contributed by atoms with van der Waals surface area (Å²) in [6, 6.07) is 0. The smallest absolute Gasteiger partial charge is 0.420 e. The Morgan fingerprint density at radius 2 is 1.87 bits per heavy atom. The number of aromatic nitrogens is 1. The van der Waals surface area contributed by atoms with Crippen molar-refractivity contribution in [2.45, 2.75) is 12.6 Å². The van der Waals surface area contributed by atoms with E-state index in [0.717, 1.165) is 13.3 Å². The minimum Gasteiger partial charge on any atom is -0.494 e. The van der Waals surface area contributed by atoms with Crippen LogP contribution in [0.3, 0.4) is 0 Å². The first-order valence-corrected chi connectivity index (χ1v) is 3.75. The highest BCUT2D eigenvalue weighted by atomic mass is 19.4. The van der Waals surface area contributed by atoms with Gasteiger partial charge in [0.25, 0.3) is 6.43 Å². The molecule has 84 valence electrons. The molecule has 2 nitrogen and oxygen atoms in total. The summed E-state index contributed by atoms with van der Waals surface area (Å²) in [4.78, 5) is 3.25. The molecule has 1 aromatic rings. The Morgan fingerprint density at radius 3 is 2.27 bits per heavy atom. The van der Waals surface area contributed by atoms with Crippen molar-refractivity contribution in [2.75, 3.05) is 7.11 Å². The summed E-state index contributed by atoms with van der Waals surface area (Å²) in [6.45, 7) is 0. The monoisotopic (exact) mass is 227 g/mol. The van der Waals surface area contributed by atoms with E-state index in [1.54, 1.807) is 0 Å². The number of alkyl halides is 5. The lowest BCUT2D eigenvalue weighted by Crippen LogP contribution is -2.12. The van der Waals surface area contributed by atoms with Crippen LogP contribution in [-0.4, -0.2) is 12.1 Å². The molecule has 0 aliphatic heterocycles. The molecule has 0 saturated heterocycles. The van der Waals surface area contributed by atoms with Gasteiger partial charge in [-0.1, -0.05) is 0 Å². The molecule has 15 heavy (non-hydrogen) atoms. The van der Waals surface area contributed by atoms with Gasteiger partial charge < -0.3 is 4.74 Å². The predicted molar refractivity (Wildman–Crippen MR) is 40.7 cm³/mol. The molecule has 0 unspecified atom stereocenters. The largest absolute Gasteiger partial charge is 0.494 e. The molecule has 0 N–H and O–H groups in total. The van der Waals surface area contributed by atoms with Gasteiger partial charge in [-0.15, -0.1) is 0 Å². The molecule has 0 aliphatic rings. The summed E-state index contributed by atoms with van der Waals surface area (Å²) in [5, 5.41) is 0. The van der Waals surface area contributed by atoms with E-state index in [1.165, 1.54) is 0 Å². The Bertz CT molecular complexity index is 349. The van der Waals surface area contributed by atoms with Gasteiger partial charge in [-0.25, -0.2) is 8.78 Å². The molecule has 0 aromatic carbocycles. The average molecular weight is 227 g/mol. The van der Waals surface area contributed by atoms with Gasteiger partial charge in [-0.05, 0) is 0 Å². The minimum absolute atomic E-state index is 0.482. The maximum Gasteiger partial charge on any atom is 0.420 e. The number of hydrogen-bond acceptors (Lipinski definition) is 2. The van der Waals surface area contributed by atoms with Crippen LogP contribution in [-0.2, 0) is 6.18 Å². The van der Waals surface area contributed by atoms with Crippen LogP contribution in [0.1, 0.15) is 17.6 Å².